The van der Waals surface area contributed by atoms with E-state index in [2.05, 4.69) is 15.3 Å². The van der Waals surface area contributed by atoms with Gasteiger partial charge in [0.25, 0.3) is 0 Å². The number of rotatable bonds is 6. The Bertz CT molecular complexity index is 884. The number of H-pyrrole nitrogens is 1. The molecule has 5 nitrogen and oxygen atoms in total. The predicted octanol–water partition coefficient (Wildman–Crippen LogP) is 2.60. The molecule has 1 aliphatic rings. The molecule has 0 bridgehead atoms. The van der Waals surface area contributed by atoms with Crippen molar-refractivity contribution in [1.82, 2.24) is 15.3 Å². The van der Waals surface area contributed by atoms with Crippen LogP contribution in [0.25, 0.3) is 10.9 Å². The van der Waals surface area contributed by atoms with Gasteiger partial charge in [-0.25, -0.2) is 0 Å². The van der Waals surface area contributed by atoms with Crippen molar-refractivity contribution < 1.29 is 9.90 Å². The highest BCUT2D eigenvalue weighted by molar-refractivity contribution is 5.88. The Kier molecular flexibility index (Phi) is 4.71. The van der Waals surface area contributed by atoms with Crippen LogP contribution in [0, 0.1) is 5.92 Å². The molecule has 2 aromatic heterocycles. The Balaban J connectivity index is 1.45. The van der Waals surface area contributed by atoms with Gasteiger partial charge in [0.2, 0.25) is 5.91 Å². The Morgan fingerprint density at radius 2 is 2.00 bits per heavy atom. The Morgan fingerprint density at radius 1 is 1.23 bits per heavy atom. The second-order valence-corrected chi connectivity index (χ2v) is 7.16. The van der Waals surface area contributed by atoms with Gasteiger partial charge < -0.3 is 15.4 Å². The summed E-state index contributed by atoms with van der Waals surface area (Å²) >= 11 is 0. The summed E-state index contributed by atoms with van der Waals surface area (Å²) in [6.07, 6.45) is 7.85. The molecule has 0 radical (unpaired) electrons. The molecule has 0 saturated heterocycles. The van der Waals surface area contributed by atoms with Crippen LogP contribution in [0.4, 0.5) is 0 Å². The molecule has 1 aliphatic carbocycles. The van der Waals surface area contributed by atoms with Crippen LogP contribution < -0.4 is 5.32 Å². The zero-order valence-electron chi connectivity index (χ0n) is 14.6. The van der Waals surface area contributed by atoms with Gasteiger partial charge in [-0.05, 0) is 54.5 Å². The monoisotopic (exact) mass is 349 g/mol. The first-order valence-electron chi connectivity index (χ1n) is 9.10. The van der Waals surface area contributed by atoms with Gasteiger partial charge in [0.05, 0.1) is 12.5 Å². The number of hydrogen-bond acceptors (Lipinski definition) is 3. The van der Waals surface area contributed by atoms with Crippen LogP contribution in [0.2, 0.25) is 0 Å². The average Bonchev–Trinajstić information content (AvgIpc) is 3.02. The third-order valence-electron chi connectivity index (χ3n) is 5.30. The second kappa shape index (κ2) is 7.30. The number of aromatic amines is 1. The van der Waals surface area contributed by atoms with E-state index in [1.807, 2.05) is 42.6 Å². The van der Waals surface area contributed by atoms with Crippen LogP contribution >= 0.6 is 0 Å². The van der Waals surface area contributed by atoms with E-state index in [1.54, 1.807) is 12.4 Å². The number of carbonyl (C=O) groups is 1. The van der Waals surface area contributed by atoms with E-state index in [0.29, 0.717) is 12.3 Å². The standard InChI is InChI=1S/C21H23N3O2/c25-17-10-15(11-17)20(9-14-5-7-22-8-6-14)24-21(26)12-16-13-23-19-4-2-1-3-18(16)19/h1-8,13,15,17,20,23,25H,9-12H2,(H,24,26)/t15?,17?,20-/m0/s1. The minimum absolute atomic E-state index is 0.0233. The van der Waals surface area contributed by atoms with Gasteiger partial charge in [0, 0.05) is 35.5 Å². The molecule has 1 atom stereocenters. The van der Waals surface area contributed by atoms with E-state index in [-0.39, 0.29) is 18.1 Å². The number of pyridine rings is 1. The van der Waals surface area contributed by atoms with Gasteiger partial charge in [0.1, 0.15) is 0 Å². The summed E-state index contributed by atoms with van der Waals surface area (Å²) in [5, 5.41) is 14.0. The van der Waals surface area contributed by atoms with E-state index >= 15 is 0 Å². The lowest BCUT2D eigenvalue weighted by Crippen LogP contribution is -2.48. The number of aliphatic hydroxyl groups is 1. The topological polar surface area (TPSA) is 78.0 Å². The number of carbonyl (C=O) groups excluding carboxylic acids is 1. The first-order chi connectivity index (χ1) is 12.7. The molecule has 26 heavy (non-hydrogen) atoms. The Hall–Kier alpha value is -2.66. The van der Waals surface area contributed by atoms with Crippen LogP contribution in [-0.2, 0) is 17.6 Å². The molecule has 0 spiro atoms. The van der Waals surface area contributed by atoms with Crippen molar-refractivity contribution in [1.29, 1.82) is 0 Å². The largest absolute Gasteiger partial charge is 0.393 e. The van der Waals surface area contributed by atoms with Gasteiger partial charge in [-0.3, -0.25) is 9.78 Å². The number of aromatic nitrogens is 2. The summed E-state index contributed by atoms with van der Waals surface area (Å²) in [6, 6.07) is 12.0. The molecule has 1 amide bonds. The Labute approximate surface area is 152 Å². The fourth-order valence-electron chi connectivity index (χ4n) is 3.78. The van der Waals surface area contributed by atoms with E-state index in [0.717, 1.165) is 41.3 Å². The molecular weight excluding hydrogens is 326 g/mol. The fourth-order valence-corrected chi connectivity index (χ4v) is 3.78. The molecule has 2 heterocycles. The minimum atomic E-state index is -0.231. The van der Waals surface area contributed by atoms with Crippen molar-refractivity contribution in [3.8, 4) is 0 Å². The number of amides is 1. The average molecular weight is 349 g/mol. The molecular formula is C21H23N3O2. The lowest BCUT2D eigenvalue weighted by Gasteiger charge is -2.38. The molecule has 134 valence electrons. The van der Waals surface area contributed by atoms with Gasteiger partial charge in [-0.2, -0.15) is 0 Å². The Morgan fingerprint density at radius 3 is 2.77 bits per heavy atom. The normalized spacial score (nSPS) is 20.5. The van der Waals surface area contributed by atoms with Crippen molar-refractivity contribution >= 4 is 16.8 Å². The minimum Gasteiger partial charge on any atom is -0.393 e. The molecule has 3 N–H and O–H groups in total. The fraction of sp³-hybridized carbons (Fsp3) is 0.333. The highest BCUT2D eigenvalue weighted by Gasteiger charge is 2.34. The van der Waals surface area contributed by atoms with Crippen LogP contribution in [0.3, 0.4) is 0 Å². The van der Waals surface area contributed by atoms with Crippen LogP contribution in [0.5, 0.6) is 0 Å². The third-order valence-corrected chi connectivity index (χ3v) is 5.30. The van der Waals surface area contributed by atoms with Crippen LogP contribution in [0.1, 0.15) is 24.0 Å². The maximum Gasteiger partial charge on any atom is 0.224 e. The lowest BCUT2D eigenvalue weighted by atomic mass is 9.75. The molecule has 3 aromatic rings. The first kappa shape index (κ1) is 16.8. The van der Waals surface area contributed by atoms with Gasteiger partial charge in [-0.15, -0.1) is 0 Å². The lowest BCUT2D eigenvalue weighted by molar-refractivity contribution is -0.122. The molecule has 0 unspecified atom stereocenters. The predicted molar refractivity (Wildman–Crippen MR) is 101 cm³/mol. The SMILES string of the molecule is O=C(Cc1c[nH]c2ccccc12)N[C@@H](Cc1ccncc1)C1CC(O)C1. The third kappa shape index (κ3) is 3.63. The number of hydrogen-bond donors (Lipinski definition) is 3. The quantitative estimate of drug-likeness (QED) is 0.640. The number of benzene rings is 1. The van der Waals surface area contributed by atoms with E-state index in [9.17, 15) is 9.90 Å². The zero-order valence-corrected chi connectivity index (χ0v) is 14.6. The summed E-state index contributed by atoms with van der Waals surface area (Å²) in [5.74, 6) is 0.347. The molecule has 0 aliphatic heterocycles. The van der Waals surface area contributed by atoms with Crippen molar-refractivity contribution in [3.63, 3.8) is 0 Å². The van der Waals surface area contributed by atoms with Gasteiger partial charge in [0.15, 0.2) is 0 Å². The molecule has 5 heteroatoms. The summed E-state index contributed by atoms with van der Waals surface area (Å²) < 4.78 is 0. The summed E-state index contributed by atoms with van der Waals surface area (Å²) in [7, 11) is 0. The van der Waals surface area contributed by atoms with Gasteiger partial charge >= 0.3 is 0 Å². The van der Waals surface area contributed by atoms with Crippen molar-refractivity contribution in [2.75, 3.05) is 0 Å². The molecule has 4 rings (SSSR count). The smallest absolute Gasteiger partial charge is 0.224 e. The van der Waals surface area contributed by atoms with Crippen molar-refractivity contribution in [3.05, 3.63) is 66.1 Å². The molecule has 1 aromatic carbocycles. The van der Waals surface area contributed by atoms with Crippen molar-refractivity contribution in [2.45, 2.75) is 37.8 Å². The van der Waals surface area contributed by atoms with Crippen molar-refractivity contribution in [2.24, 2.45) is 5.92 Å². The van der Waals surface area contributed by atoms with E-state index in [1.165, 1.54) is 0 Å². The number of nitrogens with one attached hydrogen (secondary N) is 2. The van der Waals surface area contributed by atoms with Gasteiger partial charge in [-0.1, -0.05) is 18.2 Å². The maximum absolute atomic E-state index is 12.7. The number of para-hydroxylation sites is 1. The van der Waals surface area contributed by atoms with E-state index < -0.39 is 0 Å². The van der Waals surface area contributed by atoms with E-state index in [4.69, 9.17) is 0 Å². The summed E-state index contributed by atoms with van der Waals surface area (Å²) in [5.41, 5.74) is 3.21. The van der Waals surface area contributed by atoms with Crippen LogP contribution in [-0.4, -0.2) is 33.1 Å². The maximum atomic E-state index is 12.7. The highest BCUT2D eigenvalue weighted by Crippen LogP contribution is 2.32. The summed E-state index contributed by atoms with van der Waals surface area (Å²) in [6.45, 7) is 0. The number of fused-ring (bicyclic) bond motifs is 1. The first-order valence-corrected chi connectivity index (χ1v) is 9.10. The molecule has 1 fully saturated rings. The summed E-state index contributed by atoms with van der Waals surface area (Å²) in [4.78, 5) is 20.0. The second-order valence-electron chi connectivity index (χ2n) is 7.16. The molecule has 1 saturated carbocycles. The zero-order chi connectivity index (χ0) is 17.9. The number of aliphatic hydroxyl groups excluding tert-OH is 1. The number of nitrogens with zero attached hydrogens (tertiary/aromatic N) is 1. The van der Waals surface area contributed by atoms with Crippen LogP contribution in [0.15, 0.2) is 55.0 Å². The highest BCUT2D eigenvalue weighted by atomic mass is 16.3.